The van der Waals surface area contributed by atoms with Crippen LogP contribution in [0.2, 0.25) is 0 Å². The number of unbranched alkanes of at least 4 members (excludes halogenated alkanes) is 1. The number of hydrogen-bond donors (Lipinski definition) is 3. The van der Waals surface area contributed by atoms with Crippen molar-refractivity contribution in [3.05, 3.63) is 35.9 Å². The summed E-state index contributed by atoms with van der Waals surface area (Å²) in [6, 6.07) is 7.72. The fourth-order valence-electron chi connectivity index (χ4n) is 2.42. The number of esters is 1. The van der Waals surface area contributed by atoms with Crippen molar-refractivity contribution < 1.29 is 32.3 Å². The molecule has 0 aliphatic rings. The number of urea groups is 1. The van der Waals surface area contributed by atoms with E-state index in [-0.39, 0.29) is 19.6 Å². The molecule has 1 unspecified atom stereocenters. The number of carbonyl (C=O) groups excluding carboxylic acids is 3. The summed E-state index contributed by atoms with van der Waals surface area (Å²) in [5, 5.41) is 5.45. The van der Waals surface area contributed by atoms with Crippen LogP contribution in [0.25, 0.3) is 0 Å². The van der Waals surface area contributed by atoms with Crippen molar-refractivity contribution in [2.24, 2.45) is 0 Å². The molecular weight excluding hydrogens is 391 g/mol. The molecule has 29 heavy (non-hydrogen) atoms. The Kier molecular flexibility index (Phi) is 9.43. The molecule has 0 fully saturated rings. The Morgan fingerprint density at radius 2 is 1.69 bits per heavy atom. The first-order valence-corrected chi connectivity index (χ1v) is 9.31. The number of ether oxygens (including phenoxy) is 1. The number of carbonyl (C=O) groups is 3. The molecule has 1 aromatic rings. The Labute approximate surface area is 167 Å². The number of benzene rings is 1. The van der Waals surface area contributed by atoms with Crippen molar-refractivity contribution in [2.75, 3.05) is 13.2 Å². The number of hydrogen-bond acceptors (Lipinski definition) is 4. The third-order valence-electron chi connectivity index (χ3n) is 3.93. The molecule has 1 atom stereocenters. The normalized spacial score (nSPS) is 13.1. The number of halogens is 3. The second-order valence-corrected chi connectivity index (χ2v) is 6.24. The Morgan fingerprint density at radius 1 is 1.03 bits per heavy atom. The summed E-state index contributed by atoms with van der Waals surface area (Å²) in [6.07, 6.45) is -4.29. The average molecular weight is 417 g/mol. The van der Waals surface area contributed by atoms with Crippen molar-refractivity contribution >= 4 is 17.9 Å². The minimum Gasteiger partial charge on any atom is -0.463 e. The second kappa shape index (κ2) is 11.3. The Morgan fingerprint density at radius 3 is 2.24 bits per heavy atom. The first kappa shape index (κ1) is 24.3. The zero-order chi connectivity index (χ0) is 21.9. The molecule has 1 aromatic carbocycles. The first-order chi connectivity index (χ1) is 13.7. The van der Waals surface area contributed by atoms with Gasteiger partial charge < -0.3 is 15.4 Å². The summed E-state index contributed by atoms with van der Waals surface area (Å²) in [5.74, 6) is -2.84. The summed E-state index contributed by atoms with van der Waals surface area (Å²) in [6.45, 7) is 2.74. The van der Waals surface area contributed by atoms with E-state index >= 15 is 0 Å². The van der Waals surface area contributed by atoms with Crippen LogP contribution in [-0.2, 0) is 20.7 Å². The fourth-order valence-corrected chi connectivity index (χ4v) is 2.42. The number of rotatable bonds is 10. The van der Waals surface area contributed by atoms with Gasteiger partial charge in [-0.25, -0.2) is 9.59 Å². The average Bonchev–Trinajstić information content (AvgIpc) is 2.66. The van der Waals surface area contributed by atoms with Gasteiger partial charge in [0, 0.05) is 13.0 Å². The van der Waals surface area contributed by atoms with E-state index < -0.39 is 29.7 Å². The van der Waals surface area contributed by atoms with Crippen molar-refractivity contribution in [3.8, 4) is 0 Å². The topological polar surface area (TPSA) is 96.5 Å². The molecular formula is C19H26F3N3O4. The lowest BCUT2D eigenvalue weighted by Crippen LogP contribution is -2.74. The number of amides is 3. The van der Waals surface area contributed by atoms with E-state index in [1.807, 2.05) is 6.07 Å². The first-order valence-electron chi connectivity index (χ1n) is 9.31. The Hall–Kier alpha value is -2.78. The second-order valence-electron chi connectivity index (χ2n) is 6.24. The van der Waals surface area contributed by atoms with Gasteiger partial charge in [0.1, 0.15) is 0 Å². The van der Waals surface area contributed by atoms with Crippen molar-refractivity contribution in [3.63, 3.8) is 0 Å². The molecule has 3 amide bonds. The van der Waals surface area contributed by atoms with E-state index in [1.165, 1.54) is 6.92 Å². The van der Waals surface area contributed by atoms with Crippen LogP contribution in [0.15, 0.2) is 30.3 Å². The number of alkyl halides is 3. The highest BCUT2D eigenvalue weighted by Gasteiger charge is 2.64. The summed E-state index contributed by atoms with van der Waals surface area (Å²) >= 11 is 0. The van der Waals surface area contributed by atoms with E-state index in [9.17, 15) is 27.6 Å². The molecule has 162 valence electrons. The van der Waals surface area contributed by atoms with Crippen molar-refractivity contribution in [2.45, 2.75) is 51.4 Å². The molecule has 1 rings (SSSR count). The van der Waals surface area contributed by atoms with Crippen LogP contribution in [0, 0.1) is 0 Å². The molecule has 0 bridgehead atoms. The fraction of sp³-hybridized carbons (Fsp3) is 0.526. The standard InChI is InChI=1S/C19H26F3N3O4/c1-3-5-11-15(26)24-18(19(20,21)22,16(27)29-4-2)25-17(28)23-13-12-14-9-7-6-8-10-14/h6-10H,3-5,11-13H2,1-2H3,(H,24,26)(H2,23,25,28). The maximum absolute atomic E-state index is 13.8. The minimum absolute atomic E-state index is 0.0242. The monoisotopic (exact) mass is 417 g/mol. The van der Waals surface area contributed by atoms with E-state index in [1.54, 1.807) is 41.8 Å². The highest BCUT2D eigenvalue weighted by Crippen LogP contribution is 2.30. The molecule has 0 aliphatic carbocycles. The molecule has 0 saturated carbocycles. The third kappa shape index (κ3) is 7.28. The van der Waals surface area contributed by atoms with Crippen LogP contribution in [0.4, 0.5) is 18.0 Å². The van der Waals surface area contributed by atoms with E-state index in [2.05, 4.69) is 10.1 Å². The van der Waals surface area contributed by atoms with Gasteiger partial charge in [-0.1, -0.05) is 43.7 Å². The van der Waals surface area contributed by atoms with Gasteiger partial charge >= 0.3 is 23.8 Å². The van der Waals surface area contributed by atoms with Crippen LogP contribution < -0.4 is 16.0 Å². The SMILES string of the molecule is CCCCC(=O)NC(NC(=O)NCCc1ccccc1)(C(=O)OCC)C(F)(F)F. The highest BCUT2D eigenvalue weighted by atomic mass is 19.4. The molecule has 7 nitrogen and oxygen atoms in total. The van der Waals surface area contributed by atoms with Crippen LogP contribution in [0.3, 0.4) is 0 Å². The Balaban J connectivity index is 2.93. The summed E-state index contributed by atoms with van der Waals surface area (Å²) in [7, 11) is 0. The molecule has 0 heterocycles. The van der Waals surface area contributed by atoms with Gasteiger partial charge in [0.25, 0.3) is 0 Å². The smallest absolute Gasteiger partial charge is 0.442 e. The quantitative estimate of drug-likeness (QED) is 0.403. The number of nitrogens with one attached hydrogen (secondary N) is 3. The molecule has 0 spiro atoms. The van der Waals surface area contributed by atoms with E-state index in [0.29, 0.717) is 19.3 Å². The van der Waals surface area contributed by atoms with Crippen LogP contribution in [-0.4, -0.2) is 42.9 Å². The molecule has 0 aromatic heterocycles. The lowest BCUT2D eigenvalue weighted by molar-refractivity contribution is -0.218. The van der Waals surface area contributed by atoms with Gasteiger partial charge in [-0.2, -0.15) is 13.2 Å². The molecule has 3 N–H and O–H groups in total. The van der Waals surface area contributed by atoms with Gasteiger partial charge in [-0.05, 0) is 25.3 Å². The zero-order valence-corrected chi connectivity index (χ0v) is 16.4. The van der Waals surface area contributed by atoms with Gasteiger partial charge in [0.15, 0.2) is 0 Å². The lowest BCUT2D eigenvalue weighted by Gasteiger charge is -2.34. The highest BCUT2D eigenvalue weighted by molar-refractivity contribution is 5.92. The van der Waals surface area contributed by atoms with Crippen LogP contribution >= 0.6 is 0 Å². The summed E-state index contributed by atoms with van der Waals surface area (Å²) in [5.41, 5.74) is -2.81. The molecule has 0 radical (unpaired) electrons. The largest absolute Gasteiger partial charge is 0.463 e. The van der Waals surface area contributed by atoms with E-state index in [0.717, 1.165) is 5.56 Å². The maximum Gasteiger partial charge on any atom is 0.442 e. The van der Waals surface area contributed by atoms with Gasteiger partial charge in [0.2, 0.25) is 5.91 Å². The van der Waals surface area contributed by atoms with Crippen molar-refractivity contribution in [1.29, 1.82) is 0 Å². The third-order valence-corrected chi connectivity index (χ3v) is 3.93. The lowest BCUT2D eigenvalue weighted by atomic mass is 10.1. The molecule has 10 heteroatoms. The van der Waals surface area contributed by atoms with Crippen LogP contribution in [0.1, 0.15) is 38.7 Å². The van der Waals surface area contributed by atoms with Crippen LogP contribution in [0.5, 0.6) is 0 Å². The predicted molar refractivity (Wildman–Crippen MR) is 99.8 cm³/mol. The zero-order valence-electron chi connectivity index (χ0n) is 16.4. The molecule has 0 aliphatic heterocycles. The van der Waals surface area contributed by atoms with Gasteiger partial charge in [-0.15, -0.1) is 0 Å². The summed E-state index contributed by atoms with van der Waals surface area (Å²) < 4.78 is 46.0. The Bertz CT molecular complexity index is 683. The molecule has 0 saturated heterocycles. The van der Waals surface area contributed by atoms with E-state index in [4.69, 9.17) is 0 Å². The maximum atomic E-state index is 13.8. The van der Waals surface area contributed by atoms with Gasteiger partial charge in [0.05, 0.1) is 6.61 Å². The van der Waals surface area contributed by atoms with Crippen molar-refractivity contribution in [1.82, 2.24) is 16.0 Å². The minimum atomic E-state index is -5.32. The summed E-state index contributed by atoms with van der Waals surface area (Å²) in [4.78, 5) is 36.2. The predicted octanol–water partition coefficient (Wildman–Crippen LogP) is 2.66. The van der Waals surface area contributed by atoms with Gasteiger partial charge in [-0.3, -0.25) is 10.1 Å².